The van der Waals surface area contributed by atoms with Gasteiger partial charge in [0.15, 0.2) is 0 Å². The van der Waals surface area contributed by atoms with Gasteiger partial charge in [0.1, 0.15) is 0 Å². The Hall–Kier alpha value is -2.37. The second-order valence-electron chi connectivity index (χ2n) is 2.53. The lowest BCUT2D eigenvalue weighted by atomic mass is 10.3. The van der Waals surface area contributed by atoms with Crippen LogP contribution < -0.4 is 5.48 Å². The molecule has 6 heteroatoms. The normalized spacial score (nSPS) is 9.07. The highest BCUT2D eigenvalue weighted by Gasteiger charge is 2.04. The molecule has 0 unspecified atom stereocenters. The van der Waals surface area contributed by atoms with Gasteiger partial charge in [-0.15, -0.1) is 0 Å². The molecule has 1 aromatic rings. The average molecular weight is 208 g/mol. The van der Waals surface area contributed by atoms with E-state index in [-0.39, 0.29) is 5.69 Å². The van der Waals surface area contributed by atoms with Crippen LogP contribution >= 0.6 is 0 Å². The molecule has 0 amide bonds. The molecule has 0 spiro atoms. The number of anilines is 1. The molecule has 78 valence electrons. The highest BCUT2D eigenvalue weighted by molar-refractivity contribution is 5.81. The molecule has 0 fully saturated rings. The van der Waals surface area contributed by atoms with Crippen LogP contribution in [0.3, 0.4) is 0 Å². The number of carbonyl (C=O) groups is 1. The molecule has 1 N–H and O–H groups in total. The molecule has 0 aliphatic rings. The van der Waals surface area contributed by atoms with E-state index in [1.54, 1.807) is 0 Å². The van der Waals surface area contributed by atoms with Gasteiger partial charge in [-0.3, -0.25) is 10.1 Å². The zero-order chi connectivity index (χ0) is 11.3. The monoisotopic (exact) mass is 208 g/mol. The molecule has 1 aromatic carbocycles. The molecule has 0 aromatic heterocycles. The summed E-state index contributed by atoms with van der Waals surface area (Å²) in [5.74, 6) is -0.631. The molecule has 0 aliphatic carbocycles. The molecule has 6 nitrogen and oxygen atoms in total. The van der Waals surface area contributed by atoms with Crippen molar-refractivity contribution in [2.45, 2.75) is 0 Å². The highest BCUT2D eigenvalue weighted by atomic mass is 16.7. The van der Waals surface area contributed by atoms with Crippen molar-refractivity contribution in [3.8, 4) is 0 Å². The Morgan fingerprint density at radius 1 is 1.47 bits per heavy atom. The average Bonchev–Trinajstić information content (AvgIpc) is 2.26. The van der Waals surface area contributed by atoms with Crippen LogP contribution in [-0.4, -0.2) is 10.9 Å². The molecule has 0 radical (unpaired) electrons. The minimum absolute atomic E-state index is 0.0319. The fourth-order valence-corrected chi connectivity index (χ4v) is 0.802. The van der Waals surface area contributed by atoms with Crippen molar-refractivity contribution < 1.29 is 14.6 Å². The number of rotatable bonds is 4. The van der Waals surface area contributed by atoms with Crippen molar-refractivity contribution >= 4 is 17.3 Å². The third-order valence-corrected chi connectivity index (χ3v) is 1.51. The first-order valence-electron chi connectivity index (χ1n) is 3.97. The zero-order valence-electron chi connectivity index (χ0n) is 7.67. The number of benzene rings is 1. The fourth-order valence-electron chi connectivity index (χ4n) is 0.802. The number of nitro benzene ring substituents is 1. The minimum atomic E-state index is -0.631. The van der Waals surface area contributed by atoms with Gasteiger partial charge in [0, 0.05) is 18.2 Å². The number of non-ortho nitro benzene ring substituents is 1. The molecular weight excluding hydrogens is 200 g/mol. The van der Waals surface area contributed by atoms with E-state index in [4.69, 9.17) is 0 Å². The number of nitro groups is 1. The van der Waals surface area contributed by atoms with Crippen molar-refractivity contribution in [3.63, 3.8) is 0 Å². The smallest absolute Gasteiger partial charge is 0.339 e. The Bertz CT molecular complexity index is 386. The third kappa shape index (κ3) is 3.11. The van der Waals surface area contributed by atoms with Gasteiger partial charge in [0.05, 0.1) is 10.6 Å². The second-order valence-corrected chi connectivity index (χ2v) is 2.53. The Labute approximate surface area is 85.3 Å². The van der Waals surface area contributed by atoms with Crippen LogP contribution in [0.25, 0.3) is 0 Å². The predicted molar refractivity (Wildman–Crippen MR) is 53.0 cm³/mol. The maximum Gasteiger partial charge on any atom is 0.355 e. The first-order chi connectivity index (χ1) is 7.13. The number of hydrogen-bond donors (Lipinski definition) is 1. The number of nitrogens with zero attached hydrogens (tertiary/aromatic N) is 1. The maximum absolute atomic E-state index is 10.6. The molecule has 0 heterocycles. The van der Waals surface area contributed by atoms with Crippen LogP contribution in [-0.2, 0) is 9.63 Å². The van der Waals surface area contributed by atoms with Crippen LogP contribution in [0, 0.1) is 10.1 Å². The van der Waals surface area contributed by atoms with Gasteiger partial charge in [0.2, 0.25) is 0 Å². The number of carbonyl (C=O) groups excluding carboxylic acids is 1. The van der Waals surface area contributed by atoms with Gasteiger partial charge < -0.3 is 4.84 Å². The van der Waals surface area contributed by atoms with E-state index in [0.717, 1.165) is 6.08 Å². The molecular formula is C9H8N2O4. The van der Waals surface area contributed by atoms with Crippen LogP contribution in [0.4, 0.5) is 11.4 Å². The van der Waals surface area contributed by atoms with Gasteiger partial charge in [-0.25, -0.2) is 10.3 Å². The lowest BCUT2D eigenvalue weighted by molar-refractivity contribution is -0.384. The van der Waals surface area contributed by atoms with Crippen molar-refractivity contribution in [1.82, 2.24) is 0 Å². The highest BCUT2D eigenvalue weighted by Crippen LogP contribution is 2.15. The topological polar surface area (TPSA) is 81.5 Å². The summed E-state index contributed by atoms with van der Waals surface area (Å²) in [5, 5.41) is 10.3. The Balaban J connectivity index is 2.60. The molecule has 0 saturated carbocycles. The first kappa shape index (κ1) is 10.7. The van der Waals surface area contributed by atoms with E-state index in [1.165, 1.54) is 24.3 Å². The Morgan fingerprint density at radius 2 is 2.07 bits per heavy atom. The van der Waals surface area contributed by atoms with Crippen LogP contribution in [0.1, 0.15) is 0 Å². The van der Waals surface area contributed by atoms with Gasteiger partial charge in [0.25, 0.3) is 5.69 Å². The van der Waals surface area contributed by atoms with Crippen LogP contribution in [0.5, 0.6) is 0 Å². The van der Waals surface area contributed by atoms with E-state index in [1.807, 2.05) is 0 Å². The molecule has 0 aliphatic heterocycles. The second kappa shape index (κ2) is 4.75. The summed E-state index contributed by atoms with van der Waals surface area (Å²) in [6, 6.07) is 5.44. The van der Waals surface area contributed by atoms with Gasteiger partial charge in [-0.1, -0.05) is 6.58 Å². The summed E-state index contributed by atoms with van der Waals surface area (Å²) in [7, 11) is 0. The summed E-state index contributed by atoms with van der Waals surface area (Å²) in [6.45, 7) is 3.21. The minimum Gasteiger partial charge on any atom is -0.339 e. The van der Waals surface area contributed by atoms with Gasteiger partial charge in [-0.2, -0.15) is 0 Å². The fraction of sp³-hybridized carbons (Fsp3) is 0. The van der Waals surface area contributed by atoms with Crippen LogP contribution in [0.2, 0.25) is 0 Å². The van der Waals surface area contributed by atoms with Crippen molar-refractivity contribution in [3.05, 3.63) is 47.0 Å². The summed E-state index contributed by atoms with van der Waals surface area (Å²) in [4.78, 5) is 24.9. The first-order valence-corrected chi connectivity index (χ1v) is 3.97. The van der Waals surface area contributed by atoms with E-state index < -0.39 is 10.9 Å². The maximum atomic E-state index is 10.6. The summed E-state index contributed by atoms with van der Waals surface area (Å²) >= 11 is 0. The largest absolute Gasteiger partial charge is 0.355 e. The van der Waals surface area contributed by atoms with Crippen LogP contribution in [0.15, 0.2) is 36.9 Å². The van der Waals surface area contributed by atoms with Crippen molar-refractivity contribution in [1.29, 1.82) is 0 Å². The van der Waals surface area contributed by atoms with Crippen molar-refractivity contribution in [2.24, 2.45) is 0 Å². The summed E-state index contributed by atoms with van der Waals surface area (Å²) < 4.78 is 0. The van der Waals surface area contributed by atoms with Gasteiger partial charge in [-0.05, 0) is 12.1 Å². The quantitative estimate of drug-likeness (QED) is 0.462. The standard InChI is InChI=1S/C9H8N2O4/c1-2-9(12)15-10-7-3-5-8(6-4-7)11(13)14/h2-6,10H,1H2. The molecule has 1 rings (SSSR count). The van der Waals surface area contributed by atoms with Crippen molar-refractivity contribution in [2.75, 3.05) is 5.48 Å². The lowest BCUT2D eigenvalue weighted by Crippen LogP contribution is -2.06. The molecule has 0 atom stereocenters. The SMILES string of the molecule is C=CC(=O)ONc1ccc([N+](=O)[O-])cc1. The third-order valence-electron chi connectivity index (χ3n) is 1.51. The lowest BCUT2D eigenvalue weighted by Gasteiger charge is -2.03. The van der Waals surface area contributed by atoms with Gasteiger partial charge >= 0.3 is 5.97 Å². The summed E-state index contributed by atoms with van der Waals surface area (Å²) in [5.41, 5.74) is 2.73. The van der Waals surface area contributed by atoms with E-state index in [9.17, 15) is 14.9 Å². The Kier molecular flexibility index (Phi) is 3.39. The number of hydrogen-bond acceptors (Lipinski definition) is 5. The van der Waals surface area contributed by atoms with E-state index in [2.05, 4.69) is 16.9 Å². The predicted octanol–water partition coefficient (Wildman–Crippen LogP) is 1.65. The van der Waals surface area contributed by atoms with E-state index >= 15 is 0 Å². The molecule has 0 saturated heterocycles. The van der Waals surface area contributed by atoms with E-state index in [0.29, 0.717) is 5.69 Å². The molecule has 15 heavy (non-hydrogen) atoms. The summed E-state index contributed by atoms with van der Waals surface area (Å²) in [6.07, 6.45) is 0.998. The Morgan fingerprint density at radius 3 is 2.53 bits per heavy atom. The molecule has 0 bridgehead atoms. The zero-order valence-corrected chi connectivity index (χ0v) is 7.67. The number of nitrogens with one attached hydrogen (secondary N) is 1.